The molecule has 34 heavy (non-hydrogen) atoms. The minimum absolute atomic E-state index is 0.333. The van der Waals surface area contributed by atoms with E-state index >= 15 is 0 Å². The fourth-order valence-electron chi connectivity index (χ4n) is 3.55. The molecule has 2 N–H and O–H groups in total. The van der Waals surface area contributed by atoms with Gasteiger partial charge in [0, 0.05) is 23.5 Å². The molecule has 7 heteroatoms. The van der Waals surface area contributed by atoms with Crippen LogP contribution in [0.4, 0.5) is 0 Å². The number of hydrogen-bond donors (Lipinski definition) is 2. The van der Waals surface area contributed by atoms with Crippen LogP contribution in [0.25, 0.3) is 22.8 Å². The number of nitrogens with zero attached hydrogens (tertiary/aromatic N) is 2. The molecule has 1 unspecified atom stereocenters. The topological polar surface area (TPSA) is 103 Å². The van der Waals surface area contributed by atoms with E-state index in [1.54, 1.807) is 36.7 Å². The largest absolute Gasteiger partial charge is 0.480 e. The summed E-state index contributed by atoms with van der Waals surface area (Å²) >= 11 is 1.53. The van der Waals surface area contributed by atoms with Crippen LogP contribution in [-0.4, -0.2) is 40.0 Å². The first-order valence-electron chi connectivity index (χ1n) is 10.7. The number of carboxylic acid groups (broad SMARTS) is 1. The van der Waals surface area contributed by atoms with Crippen molar-refractivity contribution in [3.63, 3.8) is 0 Å². The molecule has 1 amide bonds. The number of carboxylic acids is 1. The Morgan fingerprint density at radius 2 is 1.97 bits per heavy atom. The van der Waals surface area contributed by atoms with Gasteiger partial charge in [-0.25, -0.2) is 4.79 Å². The smallest absolute Gasteiger partial charge is 0.326 e. The van der Waals surface area contributed by atoms with Crippen molar-refractivity contribution in [1.82, 2.24) is 10.3 Å². The molecule has 172 valence electrons. The third kappa shape index (κ3) is 6.12. The van der Waals surface area contributed by atoms with Crippen LogP contribution in [0.15, 0.2) is 67.0 Å². The summed E-state index contributed by atoms with van der Waals surface area (Å²) < 4.78 is 0. The lowest BCUT2D eigenvalue weighted by atomic mass is 9.92. The molecule has 1 aromatic heterocycles. The van der Waals surface area contributed by atoms with Crippen LogP contribution in [0, 0.1) is 18.3 Å². The Hall–Kier alpha value is -3.89. The number of aromatic nitrogens is 1. The van der Waals surface area contributed by atoms with Crippen molar-refractivity contribution in [3.05, 3.63) is 89.2 Å². The summed E-state index contributed by atoms with van der Waals surface area (Å²) in [6, 6.07) is 17.8. The second kappa shape index (κ2) is 11.8. The maximum Gasteiger partial charge on any atom is 0.326 e. The Kier molecular flexibility index (Phi) is 8.60. The van der Waals surface area contributed by atoms with E-state index in [9.17, 15) is 20.0 Å². The monoisotopic (exact) mass is 471 g/mol. The standard InChI is InChI=1S/C27H25N3O3S/c1-18-6-3-4-8-22(18)24-15-19(14-21(16-28)20-7-5-12-29-17-20)9-10-23(24)26(31)30-25(27(32)33)11-13-34-2/h3-10,12,14-15,17,25H,11,13H2,1-2H3,(H,30,31)(H,32,33). The molecule has 0 aliphatic rings. The second-order valence-corrected chi connectivity index (χ2v) is 8.66. The van der Waals surface area contributed by atoms with Crippen molar-refractivity contribution < 1.29 is 14.7 Å². The predicted octanol–water partition coefficient (Wildman–Crippen LogP) is 5.06. The minimum atomic E-state index is -1.06. The number of aliphatic carboxylic acids is 1. The van der Waals surface area contributed by atoms with E-state index in [1.807, 2.05) is 49.6 Å². The Morgan fingerprint density at radius 3 is 2.62 bits per heavy atom. The van der Waals surface area contributed by atoms with Crippen molar-refractivity contribution >= 4 is 35.3 Å². The predicted molar refractivity (Wildman–Crippen MR) is 136 cm³/mol. The number of amides is 1. The zero-order chi connectivity index (χ0) is 24.5. The molecule has 1 heterocycles. The molecular formula is C27H25N3O3S. The number of allylic oxidation sites excluding steroid dienone is 1. The van der Waals surface area contributed by atoms with Crippen LogP contribution in [0.5, 0.6) is 0 Å². The van der Waals surface area contributed by atoms with Crippen molar-refractivity contribution in [2.45, 2.75) is 19.4 Å². The molecule has 6 nitrogen and oxygen atoms in total. The number of pyridine rings is 1. The number of carbonyl (C=O) groups excluding carboxylic acids is 1. The van der Waals surface area contributed by atoms with E-state index in [0.717, 1.165) is 16.7 Å². The van der Waals surface area contributed by atoms with Gasteiger partial charge in [-0.15, -0.1) is 0 Å². The van der Waals surface area contributed by atoms with E-state index in [-0.39, 0.29) is 0 Å². The van der Waals surface area contributed by atoms with Gasteiger partial charge < -0.3 is 10.4 Å². The quantitative estimate of drug-likeness (QED) is 0.423. The van der Waals surface area contributed by atoms with Crippen molar-refractivity contribution in [2.24, 2.45) is 0 Å². The Labute approximate surface area is 203 Å². The highest BCUT2D eigenvalue weighted by Crippen LogP contribution is 2.30. The van der Waals surface area contributed by atoms with E-state index in [2.05, 4.69) is 16.4 Å². The van der Waals surface area contributed by atoms with Gasteiger partial charge >= 0.3 is 5.97 Å². The lowest BCUT2D eigenvalue weighted by Crippen LogP contribution is -2.41. The molecule has 2 aromatic carbocycles. The highest BCUT2D eigenvalue weighted by atomic mass is 32.2. The molecule has 0 fully saturated rings. The molecule has 0 saturated carbocycles. The van der Waals surface area contributed by atoms with E-state index in [4.69, 9.17) is 0 Å². The van der Waals surface area contributed by atoms with Crippen LogP contribution in [-0.2, 0) is 4.79 Å². The average Bonchev–Trinajstić information content (AvgIpc) is 2.85. The molecule has 0 saturated heterocycles. The molecule has 3 rings (SSSR count). The van der Waals surface area contributed by atoms with Crippen LogP contribution in [0.1, 0.15) is 33.5 Å². The van der Waals surface area contributed by atoms with Crippen molar-refractivity contribution in [2.75, 3.05) is 12.0 Å². The first-order chi connectivity index (χ1) is 16.4. The summed E-state index contributed by atoms with van der Waals surface area (Å²) in [4.78, 5) is 28.9. The highest BCUT2D eigenvalue weighted by Gasteiger charge is 2.22. The summed E-state index contributed by atoms with van der Waals surface area (Å²) in [5.41, 5.74) is 4.77. The van der Waals surface area contributed by atoms with E-state index in [1.165, 1.54) is 11.8 Å². The average molecular weight is 472 g/mol. The molecular weight excluding hydrogens is 446 g/mol. The van der Waals surface area contributed by atoms with Gasteiger partial charge in [0.2, 0.25) is 0 Å². The maximum atomic E-state index is 13.2. The number of carbonyl (C=O) groups is 2. The lowest BCUT2D eigenvalue weighted by molar-refractivity contribution is -0.139. The molecule has 0 aliphatic heterocycles. The SMILES string of the molecule is CSCCC(NC(=O)c1ccc(C=C(C#N)c2cccnc2)cc1-c1ccccc1C)C(=O)O. The van der Waals surface area contributed by atoms with Gasteiger partial charge in [0.25, 0.3) is 5.91 Å². The molecule has 0 bridgehead atoms. The molecule has 0 aliphatic carbocycles. The summed E-state index contributed by atoms with van der Waals surface area (Å²) in [6.45, 7) is 1.95. The minimum Gasteiger partial charge on any atom is -0.480 e. The first-order valence-corrected chi connectivity index (χ1v) is 12.1. The van der Waals surface area contributed by atoms with E-state index < -0.39 is 17.9 Å². The van der Waals surface area contributed by atoms with Crippen LogP contribution < -0.4 is 5.32 Å². The summed E-state index contributed by atoms with van der Waals surface area (Å²) in [5, 5.41) is 21.9. The van der Waals surface area contributed by atoms with Crippen molar-refractivity contribution in [1.29, 1.82) is 5.26 Å². The fraction of sp³-hybridized carbons (Fsp3) is 0.185. The maximum absolute atomic E-state index is 13.2. The van der Waals surface area contributed by atoms with E-state index in [0.29, 0.717) is 34.4 Å². The summed E-state index contributed by atoms with van der Waals surface area (Å²) in [7, 11) is 0. The number of thioether (sulfide) groups is 1. The number of nitriles is 1. The van der Waals surface area contributed by atoms with Crippen LogP contribution in [0.3, 0.4) is 0 Å². The van der Waals surface area contributed by atoms with Gasteiger partial charge in [0.05, 0.1) is 11.6 Å². The number of hydrogen-bond acceptors (Lipinski definition) is 5. The first kappa shape index (κ1) is 24.7. The lowest BCUT2D eigenvalue weighted by Gasteiger charge is -2.17. The Morgan fingerprint density at radius 1 is 1.18 bits per heavy atom. The van der Waals surface area contributed by atoms with Gasteiger partial charge in [-0.1, -0.05) is 36.4 Å². The fourth-order valence-corrected chi connectivity index (χ4v) is 4.02. The third-order valence-corrected chi connectivity index (χ3v) is 5.99. The molecule has 3 aromatic rings. The van der Waals surface area contributed by atoms with Crippen LogP contribution in [0.2, 0.25) is 0 Å². The third-order valence-electron chi connectivity index (χ3n) is 5.34. The number of benzene rings is 2. The molecule has 0 spiro atoms. The zero-order valence-electron chi connectivity index (χ0n) is 19.0. The van der Waals surface area contributed by atoms with Crippen LogP contribution >= 0.6 is 11.8 Å². The summed E-state index contributed by atoms with van der Waals surface area (Å²) in [6.07, 6.45) is 7.24. The summed E-state index contributed by atoms with van der Waals surface area (Å²) in [5.74, 6) is -0.888. The van der Waals surface area contributed by atoms with Gasteiger partial charge in [-0.2, -0.15) is 17.0 Å². The normalized spacial score (nSPS) is 12.0. The zero-order valence-corrected chi connectivity index (χ0v) is 19.8. The molecule has 1 atom stereocenters. The highest BCUT2D eigenvalue weighted by molar-refractivity contribution is 7.98. The number of rotatable bonds is 9. The van der Waals surface area contributed by atoms with Gasteiger partial charge in [-0.05, 0) is 71.9 Å². The van der Waals surface area contributed by atoms with Gasteiger partial charge in [0.1, 0.15) is 6.04 Å². The Balaban J connectivity index is 2.06. The van der Waals surface area contributed by atoms with Gasteiger partial charge in [-0.3, -0.25) is 9.78 Å². The van der Waals surface area contributed by atoms with Crippen molar-refractivity contribution in [3.8, 4) is 17.2 Å². The second-order valence-electron chi connectivity index (χ2n) is 7.68. The number of nitrogens with one attached hydrogen (secondary N) is 1. The number of aryl methyl sites for hydroxylation is 1. The van der Waals surface area contributed by atoms with Gasteiger partial charge in [0.15, 0.2) is 0 Å². The molecule has 0 radical (unpaired) electrons. The Bertz CT molecular complexity index is 1250.